The minimum absolute atomic E-state index is 0.106. The van der Waals surface area contributed by atoms with Crippen molar-refractivity contribution in [1.82, 2.24) is 5.32 Å². The van der Waals surface area contributed by atoms with Crippen molar-refractivity contribution in [3.8, 4) is 0 Å². The van der Waals surface area contributed by atoms with Gasteiger partial charge >= 0.3 is 5.97 Å². The van der Waals surface area contributed by atoms with E-state index in [9.17, 15) is 14.4 Å². The molecule has 0 aliphatic heterocycles. The number of nitrogens with one attached hydrogen (secondary N) is 1. The molecule has 0 saturated carbocycles. The number of benzene rings is 2. The van der Waals surface area contributed by atoms with E-state index >= 15 is 0 Å². The van der Waals surface area contributed by atoms with Crippen LogP contribution < -0.4 is 10.2 Å². The van der Waals surface area contributed by atoms with Crippen LogP contribution in [0.2, 0.25) is 0 Å². The molecule has 2 rings (SSSR count). The van der Waals surface area contributed by atoms with E-state index in [-0.39, 0.29) is 24.8 Å². The van der Waals surface area contributed by atoms with Gasteiger partial charge in [0, 0.05) is 32.1 Å². The summed E-state index contributed by atoms with van der Waals surface area (Å²) >= 11 is 0. The fourth-order valence-electron chi connectivity index (χ4n) is 2.75. The zero-order valence-electron chi connectivity index (χ0n) is 16.3. The van der Waals surface area contributed by atoms with Crippen LogP contribution in [-0.2, 0) is 20.7 Å². The van der Waals surface area contributed by atoms with Crippen molar-refractivity contribution in [3.05, 3.63) is 65.7 Å². The van der Waals surface area contributed by atoms with Crippen molar-refractivity contribution in [1.29, 1.82) is 0 Å². The normalized spacial score (nSPS) is 10.2. The number of amides is 2. The summed E-state index contributed by atoms with van der Waals surface area (Å²) in [6.07, 6.45) is 0.965. The molecule has 6 heteroatoms. The van der Waals surface area contributed by atoms with E-state index < -0.39 is 5.97 Å². The highest BCUT2D eigenvalue weighted by molar-refractivity contribution is 5.94. The summed E-state index contributed by atoms with van der Waals surface area (Å²) in [5, 5.41) is 2.88. The van der Waals surface area contributed by atoms with Gasteiger partial charge in [-0.3, -0.25) is 9.59 Å². The van der Waals surface area contributed by atoms with E-state index in [0.717, 1.165) is 12.0 Å². The molecule has 28 heavy (non-hydrogen) atoms. The van der Waals surface area contributed by atoms with Crippen molar-refractivity contribution >= 4 is 23.5 Å². The zero-order valence-corrected chi connectivity index (χ0v) is 16.3. The smallest absolute Gasteiger partial charge is 0.338 e. The van der Waals surface area contributed by atoms with Crippen molar-refractivity contribution in [2.45, 2.75) is 26.7 Å². The minimum Gasteiger partial charge on any atom is -0.462 e. The Morgan fingerprint density at radius 2 is 1.68 bits per heavy atom. The SMILES string of the molecule is CCOC(=O)c1ccc(N(CCC(=O)NCCc2ccccc2)C(C)=O)cc1. The molecule has 0 heterocycles. The predicted octanol–water partition coefficient (Wildman–Crippen LogP) is 2.97. The topological polar surface area (TPSA) is 75.7 Å². The van der Waals surface area contributed by atoms with Gasteiger partial charge in [-0.05, 0) is 43.2 Å². The Balaban J connectivity index is 1.85. The molecule has 0 atom stereocenters. The number of esters is 1. The summed E-state index contributed by atoms with van der Waals surface area (Å²) in [6, 6.07) is 16.5. The molecular formula is C22H26N2O4. The second-order valence-electron chi connectivity index (χ2n) is 6.27. The Morgan fingerprint density at radius 1 is 1.00 bits per heavy atom. The highest BCUT2D eigenvalue weighted by Gasteiger charge is 2.14. The maximum atomic E-state index is 12.1. The fourth-order valence-corrected chi connectivity index (χ4v) is 2.75. The van der Waals surface area contributed by atoms with E-state index in [2.05, 4.69) is 5.32 Å². The van der Waals surface area contributed by atoms with E-state index in [0.29, 0.717) is 24.4 Å². The molecule has 1 N–H and O–H groups in total. The Morgan fingerprint density at radius 3 is 2.29 bits per heavy atom. The van der Waals surface area contributed by atoms with Gasteiger partial charge in [-0.25, -0.2) is 4.79 Å². The lowest BCUT2D eigenvalue weighted by Crippen LogP contribution is -2.34. The van der Waals surface area contributed by atoms with Crippen LogP contribution in [-0.4, -0.2) is 37.5 Å². The molecule has 0 aliphatic rings. The molecule has 0 saturated heterocycles. The lowest BCUT2D eigenvalue weighted by Gasteiger charge is -2.21. The summed E-state index contributed by atoms with van der Waals surface area (Å²) in [5.41, 5.74) is 2.22. The number of anilines is 1. The molecule has 0 radical (unpaired) electrons. The number of rotatable bonds is 9. The average molecular weight is 382 g/mol. The number of carbonyl (C=O) groups is 3. The van der Waals surface area contributed by atoms with Gasteiger partial charge in [0.1, 0.15) is 0 Å². The average Bonchev–Trinajstić information content (AvgIpc) is 2.69. The Bertz CT molecular complexity index is 788. The van der Waals surface area contributed by atoms with Crippen LogP contribution in [0.5, 0.6) is 0 Å². The standard InChI is InChI=1S/C22H26N2O4/c1-3-28-22(27)19-9-11-20(12-10-19)24(17(2)25)16-14-21(26)23-15-13-18-7-5-4-6-8-18/h4-12H,3,13-16H2,1-2H3,(H,23,26). The Hall–Kier alpha value is -3.15. The first kappa shape index (κ1) is 21.2. The Labute approximate surface area is 165 Å². The summed E-state index contributed by atoms with van der Waals surface area (Å²) < 4.78 is 4.95. The van der Waals surface area contributed by atoms with Crippen LogP contribution >= 0.6 is 0 Å². The summed E-state index contributed by atoms with van der Waals surface area (Å²) in [7, 11) is 0. The maximum Gasteiger partial charge on any atom is 0.338 e. The van der Waals surface area contributed by atoms with Gasteiger partial charge in [0.2, 0.25) is 11.8 Å². The van der Waals surface area contributed by atoms with Gasteiger partial charge in [-0.15, -0.1) is 0 Å². The second-order valence-corrected chi connectivity index (χ2v) is 6.27. The summed E-state index contributed by atoms with van der Waals surface area (Å²) in [6.45, 7) is 4.32. The number of hydrogen-bond acceptors (Lipinski definition) is 4. The van der Waals surface area contributed by atoms with Gasteiger partial charge in [0.15, 0.2) is 0 Å². The molecule has 0 aromatic heterocycles. The van der Waals surface area contributed by atoms with Gasteiger partial charge < -0.3 is 15.0 Å². The first-order valence-electron chi connectivity index (χ1n) is 9.37. The van der Waals surface area contributed by atoms with Gasteiger partial charge in [-0.2, -0.15) is 0 Å². The van der Waals surface area contributed by atoms with E-state index in [1.165, 1.54) is 11.8 Å². The molecular weight excluding hydrogens is 356 g/mol. The highest BCUT2D eigenvalue weighted by atomic mass is 16.5. The van der Waals surface area contributed by atoms with Crippen molar-refractivity contribution in [2.24, 2.45) is 0 Å². The molecule has 148 valence electrons. The Kier molecular flexibility index (Phi) is 8.21. The third kappa shape index (κ3) is 6.54. The molecule has 2 aromatic carbocycles. The quantitative estimate of drug-likeness (QED) is 0.677. The molecule has 0 spiro atoms. The molecule has 2 amide bonds. The minimum atomic E-state index is -0.402. The van der Waals surface area contributed by atoms with Crippen molar-refractivity contribution in [3.63, 3.8) is 0 Å². The van der Waals surface area contributed by atoms with E-state index in [1.54, 1.807) is 31.2 Å². The number of hydrogen-bond donors (Lipinski definition) is 1. The monoisotopic (exact) mass is 382 g/mol. The number of carbonyl (C=O) groups excluding carboxylic acids is 3. The molecule has 0 bridgehead atoms. The van der Waals surface area contributed by atoms with Crippen LogP contribution in [0.1, 0.15) is 36.2 Å². The first-order valence-corrected chi connectivity index (χ1v) is 9.37. The molecule has 6 nitrogen and oxygen atoms in total. The van der Waals surface area contributed by atoms with Gasteiger partial charge in [0.25, 0.3) is 0 Å². The number of ether oxygens (including phenoxy) is 1. The molecule has 0 unspecified atom stereocenters. The maximum absolute atomic E-state index is 12.1. The van der Waals surface area contributed by atoms with Crippen LogP contribution in [0.15, 0.2) is 54.6 Å². The lowest BCUT2D eigenvalue weighted by atomic mass is 10.1. The van der Waals surface area contributed by atoms with Crippen molar-refractivity contribution in [2.75, 3.05) is 24.6 Å². The molecule has 0 fully saturated rings. The second kappa shape index (κ2) is 10.9. The van der Waals surface area contributed by atoms with Crippen molar-refractivity contribution < 1.29 is 19.1 Å². The number of nitrogens with zero attached hydrogens (tertiary/aromatic N) is 1. The summed E-state index contributed by atoms with van der Waals surface area (Å²) in [5.74, 6) is -0.674. The predicted molar refractivity (Wildman–Crippen MR) is 108 cm³/mol. The van der Waals surface area contributed by atoms with Crippen LogP contribution in [0.3, 0.4) is 0 Å². The first-order chi connectivity index (χ1) is 13.5. The third-order valence-electron chi connectivity index (χ3n) is 4.21. The molecule has 0 aliphatic carbocycles. The van der Waals surface area contributed by atoms with E-state index in [1.807, 2.05) is 30.3 Å². The highest BCUT2D eigenvalue weighted by Crippen LogP contribution is 2.17. The lowest BCUT2D eigenvalue weighted by molar-refractivity contribution is -0.121. The fraction of sp³-hybridized carbons (Fsp3) is 0.318. The van der Waals surface area contributed by atoms with Gasteiger partial charge in [-0.1, -0.05) is 30.3 Å². The van der Waals surface area contributed by atoms with Crippen LogP contribution in [0.4, 0.5) is 5.69 Å². The summed E-state index contributed by atoms with van der Waals surface area (Å²) in [4.78, 5) is 37.3. The zero-order chi connectivity index (χ0) is 20.4. The molecule has 2 aromatic rings. The van der Waals surface area contributed by atoms with Crippen LogP contribution in [0, 0.1) is 0 Å². The largest absolute Gasteiger partial charge is 0.462 e. The third-order valence-corrected chi connectivity index (χ3v) is 4.21. The van der Waals surface area contributed by atoms with Gasteiger partial charge in [0.05, 0.1) is 12.2 Å². The van der Waals surface area contributed by atoms with E-state index in [4.69, 9.17) is 4.74 Å². The van der Waals surface area contributed by atoms with Crippen LogP contribution in [0.25, 0.3) is 0 Å².